The van der Waals surface area contributed by atoms with Crippen molar-refractivity contribution in [2.75, 3.05) is 31.6 Å². The van der Waals surface area contributed by atoms with Crippen LogP contribution in [0.3, 0.4) is 0 Å². The van der Waals surface area contributed by atoms with E-state index in [1.807, 2.05) is 36.7 Å². The van der Waals surface area contributed by atoms with Crippen molar-refractivity contribution < 1.29 is 14.7 Å². The predicted molar refractivity (Wildman–Crippen MR) is 101 cm³/mol. The Morgan fingerprint density at radius 3 is 2.56 bits per heavy atom. The molecule has 2 amide bonds. The molecule has 8 nitrogen and oxygen atoms in total. The molecule has 1 aromatic carbocycles. The molecule has 2 aromatic rings. The standard InChI is InChI=1S/C19H23N5O3/c1-23(17(25)12-22-19(26)27)13-14-5-4-6-15(9-14)16-10-20-18(21-11-16)24-7-2-3-8-24/h4-6,9-11,22H,2-3,7-8,12-13H2,1H3,(H,26,27). The first-order valence-corrected chi connectivity index (χ1v) is 8.90. The van der Waals surface area contributed by atoms with E-state index >= 15 is 0 Å². The van der Waals surface area contributed by atoms with Gasteiger partial charge in [0.25, 0.3) is 0 Å². The molecule has 2 N–H and O–H groups in total. The lowest BCUT2D eigenvalue weighted by Gasteiger charge is -2.18. The van der Waals surface area contributed by atoms with Gasteiger partial charge in [0.05, 0.1) is 0 Å². The van der Waals surface area contributed by atoms with Gasteiger partial charge in [-0.15, -0.1) is 0 Å². The summed E-state index contributed by atoms with van der Waals surface area (Å²) < 4.78 is 0. The molecule has 3 rings (SSSR count). The number of carboxylic acid groups (broad SMARTS) is 1. The number of hydrogen-bond donors (Lipinski definition) is 2. The molecule has 2 heterocycles. The van der Waals surface area contributed by atoms with Crippen molar-refractivity contribution in [3.8, 4) is 11.1 Å². The Hall–Kier alpha value is -3.16. The van der Waals surface area contributed by atoms with Crippen LogP contribution in [-0.2, 0) is 11.3 Å². The van der Waals surface area contributed by atoms with Gasteiger partial charge in [-0.3, -0.25) is 4.79 Å². The summed E-state index contributed by atoms with van der Waals surface area (Å²) in [5, 5.41) is 10.7. The van der Waals surface area contributed by atoms with Crippen molar-refractivity contribution in [1.82, 2.24) is 20.2 Å². The molecule has 27 heavy (non-hydrogen) atoms. The Morgan fingerprint density at radius 2 is 1.89 bits per heavy atom. The first kappa shape index (κ1) is 18.6. The Kier molecular flexibility index (Phi) is 5.85. The minimum Gasteiger partial charge on any atom is -0.465 e. The predicted octanol–water partition coefficient (Wildman–Crippen LogP) is 1.97. The topological polar surface area (TPSA) is 98.7 Å². The lowest BCUT2D eigenvalue weighted by atomic mass is 10.1. The molecule has 1 aromatic heterocycles. The minimum absolute atomic E-state index is 0.239. The maximum Gasteiger partial charge on any atom is 0.405 e. The summed E-state index contributed by atoms with van der Waals surface area (Å²) in [6.45, 7) is 2.16. The molecule has 1 fully saturated rings. The number of aromatic nitrogens is 2. The van der Waals surface area contributed by atoms with E-state index in [1.165, 1.54) is 17.7 Å². The van der Waals surface area contributed by atoms with Crippen molar-refractivity contribution in [2.24, 2.45) is 0 Å². The highest BCUT2D eigenvalue weighted by Crippen LogP contribution is 2.22. The van der Waals surface area contributed by atoms with E-state index in [0.29, 0.717) is 6.54 Å². The van der Waals surface area contributed by atoms with Crippen LogP contribution in [0.4, 0.5) is 10.7 Å². The zero-order valence-corrected chi connectivity index (χ0v) is 15.3. The van der Waals surface area contributed by atoms with Gasteiger partial charge in [0, 0.05) is 44.6 Å². The number of nitrogens with zero attached hydrogens (tertiary/aromatic N) is 4. The number of carbonyl (C=O) groups excluding carboxylic acids is 1. The maximum atomic E-state index is 11.9. The van der Waals surface area contributed by atoms with Crippen molar-refractivity contribution in [1.29, 1.82) is 0 Å². The van der Waals surface area contributed by atoms with Gasteiger partial charge >= 0.3 is 6.09 Å². The van der Waals surface area contributed by atoms with E-state index in [9.17, 15) is 9.59 Å². The first-order valence-electron chi connectivity index (χ1n) is 8.90. The Labute approximate surface area is 157 Å². The van der Waals surface area contributed by atoms with E-state index in [1.54, 1.807) is 7.05 Å². The highest BCUT2D eigenvalue weighted by atomic mass is 16.4. The van der Waals surface area contributed by atoms with Crippen LogP contribution in [0.5, 0.6) is 0 Å². The number of carbonyl (C=O) groups is 2. The summed E-state index contributed by atoms with van der Waals surface area (Å²) in [6.07, 6.45) is 4.80. The summed E-state index contributed by atoms with van der Waals surface area (Å²) >= 11 is 0. The molecule has 8 heteroatoms. The van der Waals surface area contributed by atoms with Gasteiger partial charge in [-0.2, -0.15) is 0 Å². The van der Waals surface area contributed by atoms with Crippen LogP contribution in [0.2, 0.25) is 0 Å². The zero-order valence-electron chi connectivity index (χ0n) is 15.3. The van der Waals surface area contributed by atoms with Gasteiger partial charge in [0.1, 0.15) is 6.54 Å². The van der Waals surface area contributed by atoms with Crippen LogP contribution in [0.1, 0.15) is 18.4 Å². The van der Waals surface area contributed by atoms with Crippen LogP contribution < -0.4 is 10.2 Å². The van der Waals surface area contributed by atoms with Gasteiger partial charge in [0.2, 0.25) is 11.9 Å². The molecule has 1 aliphatic rings. The Morgan fingerprint density at radius 1 is 1.19 bits per heavy atom. The molecule has 0 unspecified atom stereocenters. The molecular formula is C19H23N5O3. The van der Waals surface area contributed by atoms with Crippen molar-refractivity contribution in [3.05, 3.63) is 42.2 Å². The molecule has 0 radical (unpaired) electrons. The summed E-state index contributed by atoms with van der Waals surface area (Å²) in [5.74, 6) is 0.477. The second-order valence-corrected chi connectivity index (χ2v) is 6.57. The molecule has 142 valence electrons. The van der Waals surface area contributed by atoms with E-state index in [4.69, 9.17) is 5.11 Å². The van der Waals surface area contributed by atoms with Crippen molar-refractivity contribution in [3.63, 3.8) is 0 Å². The van der Waals surface area contributed by atoms with Crippen LogP contribution in [0, 0.1) is 0 Å². The maximum absolute atomic E-state index is 11.9. The summed E-state index contributed by atoms with van der Waals surface area (Å²) in [6, 6.07) is 7.82. The molecule has 0 saturated carbocycles. The van der Waals surface area contributed by atoms with E-state index in [2.05, 4.69) is 20.2 Å². The molecule has 0 atom stereocenters. The lowest BCUT2D eigenvalue weighted by Crippen LogP contribution is -2.37. The van der Waals surface area contributed by atoms with Crippen molar-refractivity contribution in [2.45, 2.75) is 19.4 Å². The fraction of sp³-hybridized carbons (Fsp3) is 0.368. The normalized spacial score (nSPS) is 13.4. The van der Waals surface area contributed by atoms with Gasteiger partial charge in [-0.05, 0) is 30.0 Å². The molecule has 0 spiro atoms. The highest BCUT2D eigenvalue weighted by molar-refractivity contribution is 5.81. The molecule has 0 aliphatic carbocycles. The summed E-state index contributed by atoms with van der Waals surface area (Å²) in [4.78, 5) is 35.1. The number of benzene rings is 1. The van der Waals surface area contributed by atoms with Crippen LogP contribution in [0.15, 0.2) is 36.7 Å². The second-order valence-electron chi connectivity index (χ2n) is 6.57. The molecule has 0 bridgehead atoms. The zero-order chi connectivity index (χ0) is 19.2. The third kappa shape index (κ3) is 4.93. The molecule has 1 saturated heterocycles. The quantitative estimate of drug-likeness (QED) is 0.808. The minimum atomic E-state index is -1.21. The average molecular weight is 369 g/mol. The molecular weight excluding hydrogens is 346 g/mol. The van der Waals surface area contributed by atoms with Gasteiger partial charge in [0.15, 0.2) is 0 Å². The first-order chi connectivity index (χ1) is 13.0. The lowest BCUT2D eigenvalue weighted by molar-refractivity contribution is -0.129. The van der Waals surface area contributed by atoms with E-state index < -0.39 is 6.09 Å². The van der Waals surface area contributed by atoms with Gasteiger partial charge in [-0.1, -0.05) is 18.2 Å². The number of likely N-dealkylation sites (N-methyl/N-ethyl adjacent to an activating group) is 1. The monoisotopic (exact) mass is 369 g/mol. The van der Waals surface area contributed by atoms with Crippen LogP contribution >= 0.6 is 0 Å². The fourth-order valence-electron chi connectivity index (χ4n) is 3.05. The van der Waals surface area contributed by atoms with Gasteiger partial charge < -0.3 is 20.2 Å². The molecule has 1 aliphatic heterocycles. The number of nitrogens with one attached hydrogen (secondary N) is 1. The number of rotatable bonds is 6. The number of hydrogen-bond acceptors (Lipinski definition) is 5. The fourth-order valence-corrected chi connectivity index (χ4v) is 3.05. The van der Waals surface area contributed by atoms with Crippen LogP contribution in [-0.4, -0.2) is 58.7 Å². The van der Waals surface area contributed by atoms with Crippen LogP contribution in [0.25, 0.3) is 11.1 Å². The number of anilines is 1. The largest absolute Gasteiger partial charge is 0.465 e. The third-order valence-corrected chi connectivity index (χ3v) is 4.52. The summed E-state index contributed by atoms with van der Waals surface area (Å²) in [7, 11) is 1.65. The smallest absolute Gasteiger partial charge is 0.405 e. The third-order valence-electron chi connectivity index (χ3n) is 4.52. The average Bonchev–Trinajstić information content (AvgIpc) is 3.21. The summed E-state index contributed by atoms with van der Waals surface area (Å²) in [5.41, 5.74) is 2.84. The Balaban J connectivity index is 1.66. The SMILES string of the molecule is CN(Cc1cccc(-c2cnc(N3CCCC3)nc2)c1)C(=O)CNC(=O)O. The second kappa shape index (κ2) is 8.48. The van der Waals surface area contributed by atoms with Gasteiger partial charge in [-0.25, -0.2) is 14.8 Å². The number of amides is 2. The van der Waals surface area contributed by atoms with Crippen molar-refractivity contribution >= 4 is 17.9 Å². The Bertz CT molecular complexity index is 803. The highest BCUT2D eigenvalue weighted by Gasteiger charge is 2.15. The van der Waals surface area contributed by atoms with E-state index in [0.717, 1.165) is 35.7 Å². The van der Waals surface area contributed by atoms with E-state index in [-0.39, 0.29) is 12.5 Å².